The zero-order chi connectivity index (χ0) is 17.6. The molecule has 0 bridgehead atoms. The molecular formula is C19H24N2O4. The number of aromatic nitrogens is 1. The maximum atomic E-state index is 11.5. The highest BCUT2D eigenvalue weighted by atomic mass is 16.5. The van der Waals surface area contributed by atoms with Gasteiger partial charge in [0.15, 0.2) is 5.69 Å². The molecule has 0 unspecified atom stereocenters. The van der Waals surface area contributed by atoms with Gasteiger partial charge < -0.3 is 14.3 Å². The van der Waals surface area contributed by atoms with Crippen LogP contribution < -0.4 is 0 Å². The van der Waals surface area contributed by atoms with Crippen molar-refractivity contribution in [2.75, 3.05) is 13.7 Å². The molecule has 0 spiro atoms. The van der Waals surface area contributed by atoms with E-state index in [9.17, 15) is 9.90 Å². The van der Waals surface area contributed by atoms with Gasteiger partial charge >= 0.3 is 5.97 Å². The van der Waals surface area contributed by atoms with Gasteiger partial charge in [-0.1, -0.05) is 18.6 Å². The molecular weight excluding hydrogens is 320 g/mol. The molecule has 1 aromatic heterocycles. The topological polar surface area (TPSA) is 75.8 Å². The van der Waals surface area contributed by atoms with Crippen LogP contribution in [0.5, 0.6) is 5.75 Å². The number of nitrogens with zero attached hydrogens (tertiary/aromatic N) is 2. The minimum atomic E-state index is -0.475. The van der Waals surface area contributed by atoms with Crippen LogP contribution in [0.15, 0.2) is 34.9 Å². The van der Waals surface area contributed by atoms with E-state index in [4.69, 9.17) is 4.42 Å². The lowest BCUT2D eigenvalue weighted by molar-refractivity contribution is 0.0593. The van der Waals surface area contributed by atoms with Gasteiger partial charge in [-0.15, -0.1) is 0 Å². The van der Waals surface area contributed by atoms with Gasteiger partial charge in [0.05, 0.1) is 13.7 Å². The summed E-state index contributed by atoms with van der Waals surface area (Å²) in [5.74, 6) is 0.378. The number of hydrogen-bond acceptors (Lipinski definition) is 6. The molecule has 1 N–H and O–H groups in total. The fraction of sp³-hybridized carbons (Fsp3) is 0.474. The highest BCUT2D eigenvalue weighted by Gasteiger charge is 2.24. The molecule has 0 radical (unpaired) electrons. The van der Waals surface area contributed by atoms with Crippen LogP contribution in [0, 0.1) is 0 Å². The maximum Gasteiger partial charge on any atom is 0.360 e. The zero-order valence-corrected chi connectivity index (χ0v) is 14.5. The molecule has 0 aliphatic carbocycles. The molecule has 1 aromatic carbocycles. The summed E-state index contributed by atoms with van der Waals surface area (Å²) in [6.45, 7) is 1.62. The van der Waals surface area contributed by atoms with Crippen molar-refractivity contribution in [3.63, 3.8) is 0 Å². The number of rotatable bonds is 6. The van der Waals surface area contributed by atoms with Crippen LogP contribution in [0.1, 0.15) is 47.6 Å². The first kappa shape index (κ1) is 17.5. The van der Waals surface area contributed by atoms with Crippen molar-refractivity contribution < 1.29 is 19.1 Å². The summed E-state index contributed by atoms with van der Waals surface area (Å²) in [6.07, 6.45) is 6.94. The van der Waals surface area contributed by atoms with Crippen molar-refractivity contribution in [1.29, 1.82) is 0 Å². The standard InChI is InChI=1S/C19H24N2O4/c1-24-19(23)17-13-25-18(20-17)12-21-11-3-2-4-15(21)8-5-14-6-9-16(22)10-7-14/h6-7,9-10,13,15,22H,2-5,8,11-12H2,1H3/t15-/m1/s1. The van der Waals surface area contributed by atoms with E-state index in [0.29, 0.717) is 24.2 Å². The number of benzene rings is 1. The van der Waals surface area contributed by atoms with Gasteiger partial charge in [-0.05, 0) is 49.9 Å². The van der Waals surface area contributed by atoms with Crippen LogP contribution in [0.2, 0.25) is 0 Å². The van der Waals surface area contributed by atoms with Crippen molar-refractivity contribution in [3.05, 3.63) is 47.7 Å². The Bertz CT molecular complexity index is 696. The smallest absolute Gasteiger partial charge is 0.360 e. The van der Waals surface area contributed by atoms with Gasteiger partial charge in [-0.25, -0.2) is 9.78 Å². The van der Waals surface area contributed by atoms with Crippen LogP contribution in [0.4, 0.5) is 0 Å². The number of methoxy groups -OCH3 is 1. The molecule has 25 heavy (non-hydrogen) atoms. The van der Waals surface area contributed by atoms with Gasteiger partial charge in [0, 0.05) is 6.04 Å². The van der Waals surface area contributed by atoms with E-state index in [2.05, 4.69) is 14.6 Å². The third-order valence-electron chi connectivity index (χ3n) is 4.74. The Kier molecular flexibility index (Phi) is 5.71. The van der Waals surface area contributed by atoms with E-state index >= 15 is 0 Å². The molecule has 134 valence electrons. The third kappa shape index (κ3) is 4.60. The Morgan fingerprint density at radius 2 is 2.16 bits per heavy atom. The number of aryl methyl sites for hydroxylation is 1. The number of likely N-dealkylation sites (tertiary alicyclic amines) is 1. The fourth-order valence-corrected chi connectivity index (χ4v) is 3.35. The Hall–Kier alpha value is -2.34. The van der Waals surface area contributed by atoms with E-state index in [0.717, 1.165) is 25.8 Å². The number of hydrogen-bond donors (Lipinski definition) is 1. The molecule has 2 heterocycles. The van der Waals surface area contributed by atoms with Crippen molar-refractivity contribution >= 4 is 5.97 Å². The van der Waals surface area contributed by atoms with Crippen molar-refractivity contribution in [2.24, 2.45) is 0 Å². The Labute approximate surface area is 147 Å². The number of phenolic OH excluding ortho intramolecular Hbond substituents is 1. The van der Waals surface area contributed by atoms with E-state index in [1.807, 2.05) is 12.1 Å². The predicted octanol–water partition coefficient (Wildman–Crippen LogP) is 3.15. The summed E-state index contributed by atoms with van der Waals surface area (Å²) < 4.78 is 10.1. The molecule has 3 rings (SSSR count). The molecule has 1 aliphatic rings. The number of aromatic hydroxyl groups is 1. The van der Waals surface area contributed by atoms with Gasteiger partial charge in [-0.2, -0.15) is 0 Å². The first-order chi connectivity index (χ1) is 12.2. The molecule has 1 saturated heterocycles. The van der Waals surface area contributed by atoms with Crippen molar-refractivity contribution in [3.8, 4) is 5.75 Å². The summed E-state index contributed by atoms with van der Waals surface area (Å²) in [7, 11) is 1.33. The predicted molar refractivity (Wildman–Crippen MR) is 92.3 cm³/mol. The first-order valence-corrected chi connectivity index (χ1v) is 8.70. The summed E-state index contributed by atoms with van der Waals surface area (Å²) in [5.41, 5.74) is 1.45. The molecule has 1 aliphatic heterocycles. The minimum Gasteiger partial charge on any atom is -0.508 e. The zero-order valence-electron chi connectivity index (χ0n) is 14.5. The van der Waals surface area contributed by atoms with Crippen LogP contribution in [-0.4, -0.2) is 40.7 Å². The quantitative estimate of drug-likeness (QED) is 0.811. The summed E-state index contributed by atoms with van der Waals surface area (Å²) in [6, 6.07) is 7.87. The number of carbonyl (C=O) groups is 1. The lowest BCUT2D eigenvalue weighted by atomic mass is 9.96. The lowest BCUT2D eigenvalue weighted by Crippen LogP contribution is -2.39. The van der Waals surface area contributed by atoms with E-state index in [1.54, 1.807) is 12.1 Å². The van der Waals surface area contributed by atoms with E-state index < -0.39 is 5.97 Å². The van der Waals surface area contributed by atoms with Gasteiger partial charge in [0.2, 0.25) is 5.89 Å². The number of ether oxygens (including phenoxy) is 1. The Morgan fingerprint density at radius 1 is 1.36 bits per heavy atom. The SMILES string of the molecule is COC(=O)c1coc(CN2CCCC[C@@H]2CCc2ccc(O)cc2)n1. The lowest BCUT2D eigenvalue weighted by Gasteiger charge is -2.35. The number of esters is 1. The van der Waals surface area contributed by atoms with Gasteiger partial charge in [0.1, 0.15) is 12.0 Å². The molecule has 2 aromatic rings. The number of carbonyl (C=O) groups excluding carboxylic acids is 1. The monoisotopic (exact) mass is 344 g/mol. The van der Waals surface area contributed by atoms with Crippen LogP contribution >= 0.6 is 0 Å². The van der Waals surface area contributed by atoms with Gasteiger partial charge in [-0.3, -0.25) is 4.90 Å². The van der Waals surface area contributed by atoms with E-state index in [1.165, 1.54) is 31.8 Å². The summed E-state index contributed by atoms with van der Waals surface area (Å²) in [5, 5.41) is 9.38. The fourth-order valence-electron chi connectivity index (χ4n) is 3.35. The molecule has 1 fully saturated rings. The first-order valence-electron chi connectivity index (χ1n) is 8.70. The Morgan fingerprint density at radius 3 is 2.92 bits per heavy atom. The number of phenols is 1. The summed E-state index contributed by atoms with van der Waals surface area (Å²) >= 11 is 0. The number of piperidine rings is 1. The molecule has 6 heteroatoms. The van der Waals surface area contributed by atoms with Crippen molar-refractivity contribution in [2.45, 2.75) is 44.7 Å². The second-order valence-electron chi connectivity index (χ2n) is 6.44. The average molecular weight is 344 g/mol. The number of oxazole rings is 1. The normalized spacial score (nSPS) is 18.2. The van der Waals surface area contributed by atoms with Crippen molar-refractivity contribution in [1.82, 2.24) is 9.88 Å². The van der Waals surface area contributed by atoms with E-state index in [-0.39, 0.29) is 5.69 Å². The van der Waals surface area contributed by atoms with Crippen LogP contribution in [-0.2, 0) is 17.7 Å². The average Bonchev–Trinajstić information content (AvgIpc) is 3.10. The maximum absolute atomic E-state index is 11.5. The van der Waals surface area contributed by atoms with Crippen LogP contribution in [0.25, 0.3) is 0 Å². The van der Waals surface area contributed by atoms with Gasteiger partial charge in [0.25, 0.3) is 0 Å². The molecule has 0 saturated carbocycles. The second-order valence-corrected chi connectivity index (χ2v) is 6.44. The molecule has 1 atom stereocenters. The molecule has 0 amide bonds. The molecule has 6 nitrogen and oxygen atoms in total. The highest BCUT2D eigenvalue weighted by molar-refractivity contribution is 5.86. The Balaban J connectivity index is 1.59. The summed E-state index contributed by atoms with van der Waals surface area (Å²) in [4.78, 5) is 18.1. The third-order valence-corrected chi connectivity index (χ3v) is 4.74. The minimum absolute atomic E-state index is 0.218. The van der Waals surface area contributed by atoms with Crippen LogP contribution in [0.3, 0.4) is 0 Å². The second kappa shape index (κ2) is 8.16. The largest absolute Gasteiger partial charge is 0.508 e. The highest BCUT2D eigenvalue weighted by Crippen LogP contribution is 2.24.